The van der Waals surface area contributed by atoms with Crippen LogP contribution in [0, 0.1) is 6.92 Å². The maximum absolute atomic E-state index is 10.5. The van der Waals surface area contributed by atoms with E-state index in [0.29, 0.717) is 10.6 Å². The number of carboxylic acids is 1. The Balaban J connectivity index is 2.32. The molecule has 0 fully saturated rings. The van der Waals surface area contributed by atoms with Crippen molar-refractivity contribution in [3.8, 4) is 0 Å². The molecule has 0 heterocycles. The lowest BCUT2D eigenvalue weighted by molar-refractivity contribution is -0.131. The number of aryl methyl sites for hydroxylation is 1. The van der Waals surface area contributed by atoms with Crippen LogP contribution in [-0.2, 0) is 4.79 Å². The molecule has 0 saturated carbocycles. The standard InChI is InChI=1S/C17H16ClNO2/c1-12-5-3-4-6-16(12)19(2)14-9-7-13(15(18)11-14)8-10-17(20)21/h3-11H,1-2H3,(H,20,21)/b10-8+. The van der Waals surface area contributed by atoms with Crippen LogP contribution in [0.2, 0.25) is 5.02 Å². The van der Waals surface area contributed by atoms with Crippen molar-refractivity contribution in [3.05, 3.63) is 64.7 Å². The molecular weight excluding hydrogens is 286 g/mol. The van der Waals surface area contributed by atoms with Crippen LogP contribution in [0.3, 0.4) is 0 Å². The third-order valence-corrected chi connectivity index (χ3v) is 3.58. The summed E-state index contributed by atoms with van der Waals surface area (Å²) in [6, 6.07) is 13.6. The maximum atomic E-state index is 10.5. The van der Waals surface area contributed by atoms with Gasteiger partial charge in [-0.25, -0.2) is 4.79 Å². The number of hydrogen-bond donors (Lipinski definition) is 1. The van der Waals surface area contributed by atoms with Gasteiger partial charge in [0.1, 0.15) is 0 Å². The van der Waals surface area contributed by atoms with Gasteiger partial charge in [0.15, 0.2) is 0 Å². The Morgan fingerprint density at radius 1 is 1.24 bits per heavy atom. The summed E-state index contributed by atoms with van der Waals surface area (Å²) in [5, 5.41) is 9.17. The second-order valence-corrected chi connectivity index (χ2v) is 5.13. The number of hydrogen-bond acceptors (Lipinski definition) is 2. The van der Waals surface area contributed by atoms with Gasteiger partial charge in [-0.3, -0.25) is 0 Å². The Hall–Kier alpha value is -2.26. The molecule has 0 aliphatic heterocycles. The molecule has 21 heavy (non-hydrogen) atoms. The van der Waals surface area contributed by atoms with Gasteiger partial charge in [0.05, 0.1) is 0 Å². The number of carboxylic acid groups (broad SMARTS) is 1. The molecule has 0 radical (unpaired) electrons. The summed E-state index contributed by atoms with van der Waals surface area (Å²) >= 11 is 6.21. The van der Waals surface area contributed by atoms with Crippen LogP contribution in [0.1, 0.15) is 11.1 Å². The number of aliphatic carboxylic acids is 1. The molecule has 1 N–H and O–H groups in total. The van der Waals surface area contributed by atoms with Gasteiger partial charge < -0.3 is 10.0 Å². The van der Waals surface area contributed by atoms with Crippen LogP contribution in [0.15, 0.2) is 48.5 Å². The summed E-state index contributed by atoms with van der Waals surface area (Å²) in [5.74, 6) is -0.993. The number of nitrogens with zero attached hydrogens (tertiary/aromatic N) is 1. The van der Waals surface area contributed by atoms with E-state index >= 15 is 0 Å². The second-order valence-electron chi connectivity index (χ2n) is 4.72. The second kappa shape index (κ2) is 6.46. The average Bonchev–Trinajstić information content (AvgIpc) is 2.45. The topological polar surface area (TPSA) is 40.5 Å². The van der Waals surface area contributed by atoms with Crippen LogP contribution >= 0.6 is 11.6 Å². The van der Waals surface area contributed by atoms with Crippen LogP contribution in [-0.4, -0.2) is 18.1 Å². The van der Waals surface area contributed by atoms with E-state index < -0.39 is 5.97 Å². The zero-order valence-corrected chi connectivity index (χ0v) is 12.6. The Bertz CT molecular complexity index is 695. The molecule has 0 aliphatic rings. The van der Waals surface area contributed by atoms with E-state index in [9.17, 15) is 4.79 Å². The van der Waals surface area contributed by atoms with E-state index in [4.69, 9.17) is 16.7 Å². The first-order chi connectivity index (χ1) is 9.99. The van der Waals surface area contributed by atoms with Gasteiger partial charge in [-0.2, -0.15) is 0 Å². The molecule has 0 unspecified atom stereocenters. The summed E-state index contributed by atoms with van der Waals surface area (Å²) in [7, 11) is 1.97. The number of rotatable bonds is 4. The average molecular weight is 302 g/mol. The zero-order valence-electron chi connectivity index (χ0n) is 11.9. The first-order valence-corrected chi connectivity index (χ1v) is 6.87. The van der Waals surface area contributed by atoms with Crippen molar-refractivity contribution in [1.82, 2.24) is 0 Å². The van der Waals surface area contributed by atoms with Crippen molar-refractivity contribution >= 4 is 35.0 Å². The van der Waals surface area contributed by atoms with E-state index in [1.165, 1.54) is 11.6 Å². The number of carbonyl (C=O) groups is 1. The Morgan fingerprint density at radius 2 is 1.95 bits per heavy atom. The highest BCUT2D eigenvalue weighted by Gasteiger charge is 2.08. The summed E-state index contributed by atoms with van der Waals surface area (Å²) in [6.45, 7) is 2.05. The minimum absolute atomic E-state index is 0.519. The monoisotopic (exact) mass is 301 g/mol. The first kappa shape index (κ1) is 15.1. The largest absolute Gasteiger partial charge is 0.478 e. The maximum Gasteiger partial charge on any atom is 0.328 e. The van der Waals surface area contributed by atoms with Crippen LogP contribution in [0.5, 0.6) is 0 Å². The van der Waals surface area contributed by atoms with E-state index in [1.807, 2.05) is 48.3 Å². The van der Waals surface area contributed by atoms with Crippen LogP contribution < -0.4 is 4.90 Å². The number of anilines is 2. The van der Waals surface area contributed by atoms with Crippen LogP contribution in [0.25, 0.3) is 6.08 Å². The SMILES string of the molecule is Cc1ccccc1N(C)c1ccc(/C=C/C(=O)O)c(Cl)c1. The molecule has 0 amide bonds. The highest BCUT2D eigenvalue weighted by Crippen LogP contribution is 2.30. The van der Waals surface area contributed by atoms with Gasteiger partial charge >= 0.3 is 5.97 Å². The van der Waals surface area contributed by atoms with Gasteiger partial charge in [0.25, 0.3) is 0 Å². The van der Waals surface area contributed by atoms with Gasteiger partial charge in [-0.15, -0.1) is 0 Å². The number of benzene rings is 2. The third-order valence-electron chi connectivity index (χ3n) is 3.25. The summed E-state index contributed by atoms with van der Waals surface area (Å²) < 4.78 is 0. The van der Waals surface area contributed by atoms with Crippen molar-refractivity contribution in [3.63, 3.8) is 0 Å². The van der Waals surface area contributed by atoms with E-state index in [1.54, 1.807) is 0 Å². The summed E-state index contributed by atoms with van der Waals surface area (Å²) in [6.07, 6.45) is 2.56. The van der Waals surface area contributed by atoms with Crippen molar-refractivity contribution in [1.29, 1.82) is 0 Å². The van der Waals surface area contributed by atoms with Crippen molar-refractivity contribution in [2.75, 3.05) is 11.9 Å². The van der Waals surface area contributed by atoms with Crippen molar-refractivity contribution < 1.29 is 9.90 Å². The molecule has 0 saturated heterocycles. The molecular formula is C17H16ClNO2. The first-order valence-electron chi connectivity index (χ1n) is 6.49. The molecule has 0 spiro atoms. The van der Waals surface area contributed by atoms with Crippen molar-refractivity contribution in [2.45, 2.75) is 6.92 Å². The van der Waals surface area contributed by atoms with Crippen molar-refractivity contribution in [2.24, 2.45) is 0 Å². The lowest BCUT2D eigenvalue weighted by Gasteiger charge is -2.22. The molecule has 0 aromatic heterocycles. The van der Waals surface area contributed by atoms with Gasteiger partial charge in [-0.05, 0) is 42.3 Å². The predicted octanol–water partition coefficient (Wildman–Crippen LogP) is 4.51. The van der Waals surface area contributed by atoms with E-state index in [2.05, 4.69) is 13.0 Å². The molecule has 2 rings (SSSR count). The number of para-hydroxylation sites is 1. The lowest BCUT2D eigenvalue weighted by atomic mass is 10.1. The van der Waals surface area contributed by atoms with Crippen LogP contribution in [0.4, 0.5) is 11.4 Å². The Labute approximate surface area is 129 Å². The summed E-state index contributed by atoms with van der Waals surface area (Å²) in [4.78, 5) is 12.6. The van der Waals surface area contributed by atoms with Gasteiger partial charge in [0, 0.05) is 29.5 Å². The molecule has 4 heteroatoms. The van der Waals surface area contributed by atoms with E-state index in [0.717, 1.165) is 17.5 Å². The summed E-state index contributed by atoms with van der Waals surface area (Å²) in [5.41, 5.74) is 3.90. The normalized spacial score (nSPS) is 10.8. The van der Waals surface area contributed by atoms with Gasteiger partial charge in [0.2, 0.25) is 0 Å². The molecule has 0 atom stereocenters. The van der Waals surface area contributed by atoms with E-state index in [-0.39, 0.29) is 0 Å². The smallest absolute Gasteiger partial charge is 0.328 e. The Kier molecular flexibility index (Phi) is 4.66. The third kappa shape index (κ3) is 3.64. The highest BCUT2D eigenvalue weighted by atomic mass is 35.5. The minimum atomic E-state index is -0.993. The molecule has 0 bridgehead atoms. The zero-order chi connectivity index (χ0) is 15.4. The molecule has 108 valence electrons. The lowest BCUT2D eigenvalue weighted by Crippen LogP contribution is -2.10. The molecule has 2 aromatic rings. The predicted molar refractivity (Wildman–Crippen MR) is 87.4 cm³/mol. The fourth-order valence-corrected chi connectivity index (χ4v) is 2.34. The molecule has 2 aromatic carbocycles. The Morgan fingerprint density at radius 3 is 2.57 bits per heavy atom. The minimum Gasteiger partial charge on any atom is -0.478 e. The highest BCUT2D eigenvalue weighted by molar-refractivity contribution is 6.32. The molecule has 0 aliphatic carbocycles. The number of halogens is 1. The fraction of sp³-hybridized carbons (Fsp3) is 0.118. The fourth-order valence-electron chi connectivity index (χ4n) is 2.10. The quantitative estimate of drug-likeness (QED) is 0.844. The van der Waals surface area contributed by atoms with Gasteiger partial charge in [-0.1, -0.05) is 35.9 Å². The molecule has 3 nitrogen and oxygen atoms in total.